The molecule has 11 heavy (non-hydrogen) atoms. The summed E-state index contributed by atoms with van der Waals surface area (Å²) in [5.41, 5.74) is 5.17. The van der Waals surface area contributed by atoms with Crippen LogP contribution in [0.3, 0.4) is 0 Å². The van der Waals surface area contributed by atoms with Gasteiger partial charge in [-0.15, -0.1) is 0 Å². The van der Waals surface area contributed by atoms with E-state index in [1.165, 1.54) is 0 Å². The first-order chi connectivity index (χ1) is 5.04. The third-order valence-electron chi connectivity index (χ3n) is 2.09. The molecule has 62 valence electrons. The summed E-state index contributed by atoms with van der Waals surface area (Å²) in [6.45, 7) is 2.12. The zero-order chi connectivity index (χ0) is 8.59. The van der Waals surface area contributed by atoms with Gasteiger partial charge in [-0.2, -0.15) is 0 Å². The Morgan fingerprint density at radius 3 is 2.64 bits per heavy atom. The van der Waals surface area contributed by atoms with Crippen molar-refractivity contribution in [1.82, 2.24) is 4.90 Å². The number of carboxylic acid groups (broad SMARTS) is 1. The fourth-order valence-corrected chi connectivity index (χ4v) is 1.21. The molecule has 2 atom stereocenters. The lowest BCUT2D eigenvalue weighted by atomic mass is 9.90. The SMILES string of the molecule is C[C@@H]1[C@H](C(=O)O)CN1C(=N)N. The Morgan fingerprint density at radius 2 is 2.36 bits per heavy atom. The molecule has 0 unspecified atom stereocenters. The molecule has 0 bridgehead atoms. The topological polar surface area (TPSA) is 90.4 Å². The first kappa shape index (κ1) is 7.84. The molecular weight excluding hydrogens is 146 g/mol. The fourth-order valence-electron chi connectivity index (χ4n) is 1.21. The molecule has 5 heteroatoms. The van der Waals surface area contributed by atoms with Crippen molar-refractivity contribution in [3.8, 4) is 0 Å². The molecule has 0 spiro atoms. The maximum Gasteiger partial charge on any atom is 0.310 e. The second kappa shape index (κ2) is 2.41. The van der Waals surface area contributed by atoms with Crippen LogP contribution in [0, 0.1) is 11.3 Å². The highest BCUT2D eigenvalue weighted by Gasteiger charge is 2.41. The van der Waals surface area contributed by atoms with Gasteiger partial charge >= 0.3 is 5.97 Å². The molecule has 1 fully saturated rings. The third-order valence-corrected chi connectivity index (χ3v) is 2.09. The summed E-state index contributed by atoms with van der Waals surface area (Å²) < 4.78 is 0. The molecule has 0 radical (unpaired) electrons. The van der Waals surface area contributed by atoms with Crippen LogP contribution in [0.5, 0.6) is 0 Å². The van der Waals surface area contributed by atoms with Gasteiger partial charge in [-0.05, 0) is 6.92 Å². The maximum absolute atomic E-state index is 10.4. The van der Waals surface area contributed by atoms with Crippen molar-refractivity contribution in [1.29, 1.82) is 5.41 Å². The highest BCUT2D eigenvalue weighted by molar-refractivity contribution is 5.80. The third kappa shape index (κ3) is 1.13. The lowest BCUT2D eigenvalue weighted by Crippen LogP contribution is -2.61. The van der Waals surface area contributed by atoms with Gasteiger partial charge in [0.2, 0.25) is 0 Å². The van der Waals surface area contributed by atoms with Gasteiger partial charge in [0.1, 0.15) is 0 Å². The van der Waals surface area contributed by atoms with Crippen molar-refractivity contribution in [2.45, 2.75) is 13.0 Å². The van der Waals surface area contributed by atoms with E-state index in [2.05, 4.69) is 0 Å². The predicted molar refractivity (Wildman–Crippen MR) is 39.2 cm³/mol. The Morgan fingerprint density at radius 1 is 1.82 bits per heavy atom. The lowest BCUT2D eigenvalue weighted by molar-refractivity contribution is -0.148. The number of carboxylic acids is 1. The zero-order valence-corrected chi connectivity index (χ0v) is 6.24. The Labute approximate surface area is 64.3 Å². The standard InChI is InChI=1S/C6H11N3O2/c1-3-4(5(10)11)2-9(3)6(7)8/h3-4H,2H2,1H3,(H3,7,8)(H,10,11)/t3-,4-/m1/s1. The van der Waals surface area contributed by atoms with Crippen molar-refractivity contribution in [3.63, 3.8) is 0 Å². The number of rotatable bonds is 1. The van der Waals surface area contributed by atoms with Crippen LogP contribution in [0.4, 0.5) is 0 Å². The number of aliphatic carboxylic acids is 1. The number of hydrogen-bond acceptors (Lipinski definition) is 2. The van der Waals surface area contributed by atoms with Gasteiger partial charge in [-0.3, -0.25) is 10.2 Å². The second-order valence-corrected chi connectivity index (χ2v) is 2.72. The second-order valence-electron chi connectivity index (χ2n) is 2.72. The van der Waals surface area contributed by atoms with Crippen molar-refractivity contribution in [2.24, 2.45) is 11.7 Å². The first-order valence-corrected chi connectivity index (χ1v) is 3.37. The number of hydrogen-bond donors (Lipinski definition) is 3. The number of nitrogens with zero attached hydrogens (tertiary/aromatic N) is 1. The van der Waals surface area contributed by atoms with Crippen LogP contribution in [0.15, 0.2) is 0 Å². The summed E-state index contributed by atoms with van der Waals surface area (Å²) >= 11 is 0. The molecule has 1 aliphatic rings. The minimum atomic E-state index is -0.810. The minimum Gasteiger partial charge on any atom is -0.481 e. The van der Waals surface area contributed by atoms with Crippen LogP contribution in [-0.2, 0) is 4.79 Å². The summed E-state index contributed by atoms with van der Waals surface area (Å²) in [5.74, 6) is -1.22. The quantitative estimate of drug-likeness (QED) is 0.346. The molecule has 4 N–H and O–H groups in total. The van der Waals surface area contributed by atoms with Gasteiger partial charge in [0.05, 0.1) is 5.92 Å². The Hall–Kier alpha value is -1.26. The average Bonchev–Trinajstić information content (AvgIpc) is 1.82. The van der Waals surface area contributed by atoms with Gasteiger partial charge in [0.15, 0.2) is 5.96 Å². The smallest absolute Gasteiger partial charge is 0.310 e. The monoisotopic (exact) mass is 157 g/mol. The van der Waals surface area contributed by atoms with Crippen LogP contribution < -0.4 is 5.73 Å². The molecule has 0 aromatic carbocycles. The van der Waals surface area contributed by atoms with Gasteiger partial charge in [0, 0.05) is 12.6 Å². The molecule has 0 aromatic rings. The van der Waals surface area contributed by atoms with Crippen LogP contribution >= 0.6 is 0 Å². The molecule has 1 heterocycles. The lowest BCUT2D eigenvalue weighted by Gasteiger charge is -2.44. The van der Waals surface area contributed by atoms with Gasteiger partial charge in [-0.1, -0.05) is 0 Å². The number of carbonyl (C=O) groups is 1. The summed E-state index contributed by atoms with van der Waals surface area (Å²) in [6.07, 6.45) is 0. The van der Waals surface area contributed by atoms with Crippen molar-refractivity contribution in [2.75, 3.05) is 6.54 Å². The van der Waals surface area contributed by atoms with Crippen molar-refractivity contribution in [3.05, 3.63) is 0 Å². The van der Waals surface area contributed by atoms with E-state index in [1.54, 1.807) is 11.8 Å². The highest BCUT2D eigenvalue weighted by Crippen LogP contribution is 2.23. The number of nitrogens with one attached hydrogen (secondary N) is 1. The summed E-state index contributed by atoms with van der Waals surface area (Å²) in [4.78, 5) is 12.0. The van der Waals surface area contributed by atoms with E-state index in [4.69, 9.17) is 16.2 Å². The molecule has 0 saturated carbocycles. The van der Waals surface area contributed by atoms with E-state index in [1.807, 2.05) is 0 Å². The van der Waals surface area contributed by atoms with Gasteiger partial charge in [0.25, 0.3) is 0 Å². The van der Waals surface area contributed by atoms with E-state index in [-0.39, 0.29) is 17.9 Å². The van der Waals surface area contributed by atoms with E-state index in [9.17, 15) is 4.79 Å². The predicted octanol–water partition coefficient (Wildman–Crippen LogP) is -0.715. The summed E-state index contributed by atoms with van der Waals surface area (Å²) in [5, 5.41) is 15.6. The molecule has 1 rings (SSSR count). The largest absolute Gasteiger partial charge is 0.481 e. The fraction of sp³-hybridized carbons (Fsp3) is 0.667. The Bertz CT molecular complexity index is 184. The van der Waals surface area contributed by atoms with Crippen LogP contribution in [0.2, 0.25) is 0 Å². The molecule has 1 saturated heterocycles. The van der Waals surface area contributed by atoms with Gasteiger partial charge < -0.3 is 15.7 Å². The van der Waals surface area contributed by atoms with E-state index < -0.39 is 5.97 Å². The molecular formula is C6H11N3O2. The summed E-state index contributed by atoms with van der Waals surface area (Å²) in [7, 11) is 0. The normalized spacial score (nSPS) is 29.4. The van der Waals surface area contributed by atoms with E-state index in [0.29, 0.717) is 6.54 Å². The molecule has 5 nitrogen and oxygen atoms in total. The minimum absolute atomic E-state index is 0.0463. The average molecular weight is 157 g/mol. The number of guanidine groups is 1. The van der Waals surface area contributed by atoms with Gasteiger partial charge in [-0.25, -0.2) is 0 Å². The Balaban J connectivity index is 2.50. The first-order valence-electron chi connectivity index (χ1n) is 3.37. The maximum atomic E-state index is 10.4. The van der Waals surface area contributed by atoms with Crippen molar-refractivity contribution < 1.29 is 9.90 Å². The van der Waals surface area contributed by atoms with Crippen LogP contribution in [0.25, 0.3) is 0 Å². The van der Waals surface area contributed by atoms with Crippen molar-refractivity contribution >= 4 is 11.9 Å². The summed E-state index contributed by atoms with van der Waals surface area (Å²) in [6, 6.07) is -0.134. The van der Waals surface area contributed by atoms with E-state index >= 15 is 0 Å². The highest BCUT2D eigenvalue weighted by atomic mass is 16.4. The van der Waals surface area contributed by atoms with Crippen LogP contribution in [-0.4, -0.2) is 34.5 Å². The molecule has 1 aliphatic heterocycles. The zero-order valence-electron chi connectivity index (χ0n) is 6.24. The Kier molecular flexibility index (Phi) is 1.72. The van der Waals surface area contributed by atoms with Crippen LogP contribution in [0.1, 0.15) is 6.92 Å². The number of nitrogens with two attached hydrogens (primary N) is 1. The van der Waals surface area contributed by atoms with E-state index in [0.717, 1.165) is 0 Å². The number of likely N-dealkylation sites (tertiary alicyclic amines) is 1. The molecule has 0 aromatic heterocycles. The molecule has 0 amide bonds. The molecule has 0 aliphatic carbocycles.